The summed E-state index contributed by atoms with van der Waals surface area (Å²) in [4.78, 5) is 2.70. The van der Waals surface area contributed by atoms with Crippen LogP contribution in [0.25, 0.3) is 0 Å². The van der Waals surface area contributed by atoms with Crippen LogP contribution in [0, 0.1) is 5.92 Å². The molecule has 1 aromatic rings. The molecule has 4 rings (SSSR count). The minimum Gasteiger partial charge on any atom is -0.310 e. The second-order valence-electron chi connectivity index (χ2n) is 6.73. The van der Waals surface area contributed by atoms with Crippen molar-refractivity contribution >= 4 is 0 Å². The maximum atomic E-state index is 3.58. The summed E-state index contributed by atoms with van der Waals surface area (Å²) in [5, 5.41) is 3.58. The summed E-state index contributed by atoms with van der Waals surface area (Å²) in [6, 6.07) is 11.0. The van der Waals surface area contributed by atoms with Gasteiger partial charge in [-0.1, -0.05) is 24.3 Å². The number of nitrogens with one attached hydrogen (secondary N) is 1. The van der Waals surface area contributed by atoms with E-state index in [1.165, 1.54) is 49.8 Å². The highest BCUT2D eigenvalue weighted by atomic mass is 15.2. The molecule has 1 saturated heterocycles. The molecule has 1 heterocycles. The van der Waals surface area contributed by atoms with E-state index < -0.39 is 0 Å². The predicted octanol–water partition coefficient (Wildman–Crippen LogP) is 2.92. The van der Waals surface area contributed by atoms with Crippen molar-refractivity contribution < 1.29 is 0 Å². The van der Waals surface area contributed by atoms with E-state index in [1.54, 1.807) is 0 Å². The van der Waals surface area contributed by atoms with Crippen molar-refractivity contribution in [2.75, 3.05) is 6.54 Å². The summed E-state index contributed by atoms with van der Waals surface area (Å²) in [6.45, 7) is 3.55. The van der Waals surface area contributed by atoms with Crippen LogP contribution in [0.1, 0.15) is 43.2 Å². The van der Waals surface area contributed by atoms with Gasteiger partial charge >= 0.3 is 0 Å². The summed E-state index contributed by atoms with van der Waals surface area (Å²) in [6.07, 6.45) is 7.12. The number of nitrogens with zero attached hydrogens (tertiary/aromatic N) is 1. The van der Waals surface area contributed by atoms with Gasteiger partial charge in [0.15, 0.2) is 0 Å². The summed E-state index contributed by atoms with van der Waals surface area (Å²) < 4.78 is 0. The zero-order valence-corrected chi connectivity index (χ0v) is 11.6. The largest absolute Gasteiger partial charge is 0.310 e. The molecule has 1 aliphatic heterocycles. The first-order valence-corrected chi connectivity index (χ1v) is 7.92. The van der Waals surface area contributed by atoms with E-state index in [1.807, 2.05) is 0 Å². The molecule has 0 spiro atoms. The fraction of sp³-hybridized carbons (Fsp3) is 0.647. The van der Waals surface area contributed by atoms with Crippen molar-refractivity contribution in [3.63, 3.8) is 0 Å². The monoisotopic (exact) mass is 256 g/mol. The zero-order chi connectivity index (χ0) is 12.7. The Hall–Kier alpha value is -0.860. The van der Waals surface area contributed by atoms with Gasteiger partial charge in [-0.25, -0.2) is 0 Å². The third kappa shape index (κ3) is 2.70. The SMILES string of the molecule is c1cc(CN2CC3CCC2C3)ccc1CNC1CC1. The van der Waals surface area contributed by atoms with Gasteiger partial charge in [0.25, 0.3) is 0 Å². The summed E-state index contributed by atoms with van der Waals surface area (Å²) >= 11 is 0. The van der Waals surface area contributed by atoms with Crippen LogP contribution in [-0.4, -0.2) is 23.5 Å². The van der Waals surface area contributed by atoms with Crippen molar-refractivity contribution in [1.82, 2.24) is 10.2 Å². The third-order valence-corrected chi connectivity index (χ3v) is 5.10. The molecule has 1 N–H and O–H groups in total. The Morgan fingerprint density at radius 3 is 2.42 bits per heavy atom. The maximum Gasteiger partial charge on any atom is 0.0236 e. The van der Waals surface area contributed by atoms with Crippen LogP contribution >= 0.6 is 0 Å². The van der Waals surface area contributed by atoms with Gasteiger partial charge in [-0.15, -0.1) is 0 Å². The quantitative estimate of drug-likeness (QED) is 0.871. The maximum absolute atomic E-state index is 3.58. The first-order valence-electron chi connectivity index (χ1n) is 7.92. The van der Waals surface area contributed by atoms with E-state index in [2.05, 4.69) is 34.5 Å². The van der Waals surface area contributed by atoms with E-state index in [9.17, 15) is 0 Å². The van der Waals surface area contributed by atoms with Gasteiger partial charge in [-0.05, 0) is 49.1 Å². The standard InChI is InChI=1S/C17H24N2/c1-3-14(4-2-13(1)10-18-16-6-7-16)11-19-12-15-5-8-17(19)9-15/h1-4,15-18H,5-12H2. The van der Waals surface area contributed by atoms with E-state index in [-0.39, 0.29) is 0 Å². The Morgan fingerprint density at radius 1 is 1.00 bits per heavy atom. The molecule has 0 radical (unpaired) electrons. The lowest BCUT2D eigenvalue weighted by Crippen LogP contribution is -2.31. The van der Waals surface area contributed by atoms with Gasteiger partial charge in [0.1, 0.15) is 0 Å². The molecule has 2 aliphatic carbocycles. The number of rotatable bonds is 5. The van der Waals surface area contributed by atoms with Crippen molar-refractivity contribution in [3.05, 3.63) is 35.4 Å². The van der Waals surface area contributed by atoms with Crippen molar-refractivity contribution in [2.45, 2.75) is 57.3 Å². The minimum atomic E-state index is 0.805. The van der Waals surface area contributed by atoms with Crippen LogP contribution in [0.15, 0.2) is 24.3 Å². The first kappa shape index (κ1) is 11.9. The Balaban J connectivity index is 1.33. The lowest BCUT2D eigenvalue weighted by Gasteiger charge is -2.26. The fourth-order valence-corrected chi connectivity index (χ4v) is 3.77. The van der Waals surface area contributed by atoms with Crippen LogP contribution in [0.3, 0.4) is 0 Å². The van der Waals surface area contributed by atoms with Crippen LogP contribution in [0.5, 0.6) is 0 Å². The second kappa shape index (κ2) is 4.92. The second-order valence-corrected chi connectivity index (χ2v) is 6.73. The highest BCUT2D eigenvalue weighted by Crippen LogP contribution is 2.38. The number of piperidine rings is 1. The number of hydrogen-bond acceptors (Lipinski definition) is 2. The van der Waals surface area contributed by atoms with E-state index >= 15 is 0 Å². The van der Waals surface area contributed by atoms with Crippen LogP contribution in [0.4, 0.5) is 0 Å². The molecule has 3 aliphatic rings. The van der Waals surface area contributed by atoms with Crippen LogP contribution in [0.2, 0.25) is 0 Å². The van der Waals surface area contributed by atoms with E-state index in [0.717, 1.165) is 31.1 Å². The molecule has 0 amide bonds. The van der Waals surface area contributed by atoms with Gasteiger partial charge in [0, 0.05) is 31.7 Å². The van der Waals surface area contributed by atoms with Gasteiger partial charge in [-0.2, -0.15) is 0 Å². The zero-order valence-electron chi connectivity index (χ0n) is 11.6. The van der Waals surface area contributed by atoms with Gasteiger partial charge < -0.3 is 5.32 Å². The Kier molecular flexibility index (Phi) is 3.08. The number of likely N-dealkylation sites (tertiary alicyclic amines) is 1. The van der Waals surface area contributed by atoms with Gasteiger partial charge in [0.2, 0.25) is 0 Å². The Bertz CT molecular complexity index is 435. The lowest BCUT2D eigenvalue weighted by molar-refractivity contribution is 0.205. The van der Waals surface area contributed by atoms with Gasteiger partial charge in [0.05, 0.1) is 0 Å². The average Bonchev–Trinajstić information content (AvgIpc) is 3.04. The third-order valence-electron chi connectivity index (χ3n) is 5.10. The molecule has 0 aromatic heterocycles. The molecular formula is C17H24N2. The van der Waals surface area contributed by atoms with E-state index in [4.69, 9.17) is 0 Å². The molecule has 2 atom stereocenters. The number of fused-ring (bicyclic) bond motifs is 2. The summed E-state index contributed by atoms with van der Waals surface area (Å²) in [5.41, 5.74) is 2.92. The van der Waals surface area contributed by atoms with Crippen LogP contribution in [-0.2, 0) is 13.1 Å². The number of benzene rings is 1. The van der Waals surface area contributed by atoms with Crippen molar-refractivity contribution in [1.29, 1.82) is 0 Å². The van der Waals surface area contributed by atoms with E-state index in [0.29, 0.717) is 0 Å². The van der Waals surface area contributed by atoms with Crippen molar-refractivity contribution in [2.24, 2.45) is 5.92 Å². The Morgan fingerprint density at radius 2 is 1.79 bits per heavy atom. The molecule has 2 nitrogen and oxygen atoms in total. The molecular weight excluding hydrogens is 232 g/mol. The molecule has 2 unspecified atom stereocenters. The first-order chi connectivity index (χ1) is 9.37. The predicted molar refractivity (Wildman–Crippen MR) is 77.8 cm³/mol. The molecule has 19 heavy (non-hydrogen) atoms. The number of hydrogen-bond donors (Lipinski definition) is 1. The highest BCUT2D eigenvalue weighted by molar-refractivity contribution is 5.23. The Labute approximate surface area is 116 Å². The molecule has 2 bridgehead atoms. The molecule has 2 saturated carbocycles. The fourth-order valence-electron chi connectivity index (χ4n) is 3.77. The highest BCUT2D eigenvalue weighted by Gasteiger charge is 2.37. The van der Waals surface area contributed by atoms with Crippen LogP contribution < -0.4 is 5.32 Å². The summed E-state index contributed by atoms with van der Waals surface area (Å²) in [7, 11) is 0. The normalized spacial score (nSPS) is 30.1. The molecule has 3 fully saturated rings. The van der Waals surface area contributed by atoms with Crippen molar-refractivity contribution in [3.8, 4) is 0 Å². The topological polar surface area (TPSA) is 15.3 Å². The lowest BCUT2D eigenvalue weighted by atomic mass is 10.1. The molecule has 102 valence electrons. The van der Waals surface area contributed by atoms with Gasteiger partial charge in [-0.3, -0.25) is 4.90 Å². The smallest absolute Gasteiger partial charge is 0.0236 e. The molecule has 1 aromatic carbocycles. The molecule has 2 heteroatoms. The minimum absolute atomic E-state index is 0.805. The average molecular weight is 256 g/mol. The summed E-state index contributed by atoms with van der Waals surface area (Å²) in [5.74, 6) is 1.01.